The minimum Gasteiger partial charge on any atom is -0.497 e. The molecular formula is C22H28N4O2. The summed E-state index contributed by atoms with van der Waals surface area (Å²) in [6.07, 6.45) is 1.09. The number of nitrogens with two attached hydrogens (primary N) is 1. The highest BCUT2D eigenvalue weighted by Crippen LogP contribution is 2.28. The summed E-state index contributed by atoms with van der Waals surface area (Å²) in [5, 5.41) is 3.39. The molecule has 2 aromatic rings. The first-order valence-electron chi connectivity index (χ1n) is 9.66. The number of nitrogens with zero attached hydrogens (tertiary/aromatic N) is 2. The lowest BCUT2D eigenvalue weighted by Crippen LogP contribution is -2.40. The zero-order chi connectivity index (χ0) is 19.9. The molecule has 1 aliphatic rings. The molecule has 2 aromatic carbocycles. The van der Waals surface area contributed by atoms with Gasteiger partial charge in [0.05, 0.1) is 13.7 Å². The highest BCUT2D eigenvalue weighted by Gasteiger charge is 2.26. The molecule has 3 rings (SSSR count). The Morgan fingerprint density at radius 2 is 2.07 bits per heavy atom. The lowest BCUT2D eigenvalue weighted by molar-refractivity contribution is 0.1000. The van der Waals surface area contributed by atoms with Gasteiger partial charge in [-0.3, -0.25) is 4.79 Å². The summed E-state index contributed by atoms with van der Waals surface area (Å²) >= 11 is 0. The maximum absolute atomic E-state index is 11.4. The minimum atomic E-state index is -0.417. The molecular weight excluding hydrogens is 352 g/mol. The molecule has 0 saturated carbocycles. The highest BCUT2D eigenvalue weighted by atomic mass is 16.5. The third-order valence-electron chi connectivity index (χ3n) is 5.03. The fraction of sp³-hybridized carbons (Fsp3) is 0.364. The van der Waals surface area contributed by atoms with Crippen LogP contribution in [0.3, 0.4) is 0 Å². The summed E-state index contributed by atoms with van der Waals surface area (Å²) in [5.74, 6) is 1.85. The fourth-order valence-electron chi connectivity index (χ4n) is 3.52. The molecule has 0 bridgehead atoms. The van der Waals surface area contributed by atoms with Crippen molar-refractivity contribution in [2.75, 3.05) is 26.7 Å². The van der Waals surface area contributed by atoms with Crippen molar-refractivity contribution in [3.8, 4) is 5.75 Å². The minimum absolute atomic E-state index is 0.417. The number of hydrogen-bond donors (Lipinski definition) is 2. The van der Waals surface area contributed by atoms with E-state index in [0.717, 1.165) is 43.3 Å². The summed E-state index contributed by atoms with van der Waals surface area (Å²) in [6.45, 7) is 5.28. The highest BCUT2D eigenvalue weighted by molar-refractivity contribution is 5.92. The second-order valence-electron chi connectivity index (χ2n) is 6.94. The van der Waals surface area contributed by atoms with E-state index in [1.54, 1.807) is 19.2 Å². The predicted molar refractivity (Wildman–Crippen MR) is 112 cm³/mol. The number of methoxy groups -OCH3 is 1. The van der Waals surface area contributed by atoms with E-state index in [0.29, 0.717) is 18.0 Å². The summed E-state index contributed by atoms with van der Waals surface area (Å²) in [5.41, 5.74) is 8.18. The van der Waals surface area contributed by atoms with Gasteiger partial charge in [-0.05, 0) is 48.7 Å². The van der Waals surface area contributed by atoms with Gasteiger partial charge in [-0.25, -0.2) is 4.99 Å². The Hall–Kier alpha value is -3.02. The van der Waals surface area contributed by atoms with E-state index < -0.39 is 5.91 Å². The molecule has 1 amide bonds. The van der Waals surface area contributed by atoms with E-state index in [1.165, 1.54) is 5.56 Å². The van der Waals surface area contributed by atoms with Gasteiger partial charge in [0.2, 0.25) is 5.91 Å². The average molecular weight is 380 g/mol. The van der Waals surface area contributed by atoms with E-state index in [2.05, 4.69) is 29.3 Å². The fourth-order valence-corrected chi connectivity index (χ4v) is 3.52. The summed E-state index contributed by atoms with van der Waals surface area (Å²) < 4.78 is 5.25. The van der Waals surface area contributed by atoms with Crippen molar-refractivity contribution in [1.82, 2.24) is 10.2 Å². The van der Waals surface area contributed by atoms with E-state index in [1.807, 2.05) is 24.3 Å². The number of carbonyl (C=O) groups is 1. The van der Waals surface area contributed by atoms with Crippen LogP contribution in [0.25, 0.3) is 0 Å². The molecule has 1 fully saturated rings. The molecule has 6 nitrogen and oxygen atoms in total. The van der Waals surface area contributed by atoms with Gasteiger partial charge in [-0.2, -0.15) is 0 Å². The van der Waals surface area contributed by atoms with E-state index >= 15 is 0 Å². The number of ether oxygens (including phenoxy) is 1. The summed E-state index contributed by atoms with van der Waals surface area (Å²) in [6, 6.07) is 15.7. The number of aliphatic imine (C=N–C) groups is 1. The van der Waals surface area contributed by atoms with E-state index in [9.17, 15) is 4.79 Å². The molecule has 148 valence electrons. The van der Waals surface area contributed by atoms with Gasteiger partial charge in [0.1, 0.15) is 5.75 Å². The molecule has 28 heavy (non-hydrogen) atoms. The Morgan fingerprint density at radius 3 is 2.75 bits per heavy atom. The monoisotopic (exact) mass is 380 g/mol. The summed E-state index contributed by atoms with van der Waals surface area (Å²) in [7, 11) is 1.69. The molecule has 1 heterocycles. The van der Waals surface area contributed by atoms with Crippen molar-refractivity contribution in [2.45, 2.75) is 25.8 Å². The maximum Gasteiger partial charge on any atom is 0.248 e. The standard InChI is InChI=1S/C22H28N4O2/c1-3-24-22(25-14-16-5-4-6-18(13-16)21(23)27)26-12-11-19(15-26)17-7-9-20(28-2)10-8-17/h4-10,13,19H,3,11-12,14-15H2,1-2H3,(H2,23,27)(H,24,25). The van der Waals surface area contributed by atoms with Crippen LogP contribution in [0.15, 0.2) is 53.5 Å². The Kier molecular flexibility index (Phi) is 6.53. The third-order valence-corrected chi connectivity index (χ3v) is 5.03. The smallest absolute Gasteiger partial charge is 0.248 e. The van der Waals surface area contributed by atoms with Gasteiger partial charge < -0.3 is 20.7 Å². The molecule has 1 atom stereocenters. The van der Waals surface area contributed by atoms with Gasteiger partial charge in [0.15, 0.2) is 5.96 Å². The van der Waals surface area contributed by atoms with Crippen LogP contribution < -0.4 is 15.8 Å². The van der Waals surface area contributed by atoms with Crippen LogP contribution in [0.5, 0.6) is 5.75 Å². The van der Waals surface area contributed by atoms with Crippen LogP contribution in [0.1, 0.15) is 40.7 Å². The third kappa shape index (κ3) is 4.82. The van der Waals surface area contributed by atoms with Gasteiger partial charge >= 0.3 is 0 Å². The van der Waals surface area contributed by atoms with Crippen LogP contribution in [0.4, 0.5) is 0 Å². The zero-order valence-electron chi connectivity index (χ0n) is 16.5. The molecule has 0 aliphatic carbocycles. The van der Waals surface area contributed by atoms with Crippen molar-refractivity contribution in [2.24, 2.45) is 10.7 Å². The molecule has 1 saturated heterocycles. The first kappa shape index (κ1) is 19.7. The summed E-state index contributed by atoms with van der Waals surface area (Å²) in [4.78, 5) is 18.5. The molecule has 0 radical (unpaired) electrons. The molecule has 6 heteroatoms. The molecule has 1 unspecified atom stereocenters. The Bertz CT molecular complexity index is 833. The van der Waals surface area contributed by atoms with Crippen molar-refractivity contribution in [3.05, 3.63) is 65.2 Å². The van der Waals surface area contributed by atoms with Gasteiger partial charge in [0.25, 0.3) is 0 Å². The van der Waals surface area contributed by atoms with Crippen molar-refractivity contribution >= 4 is 11.9 Å². The van der Waals surface area contributed by atoms with Crippen LogP contribution in [-0.2, 0) is 6.54 Å². The van der Waals surface area contributed by atoms with Crippen molar-refractivity contribution < 1.29 is 9.53 Å². The number of carbonyl (C=O) groups excluding carboxylic acids is 1. The number of benzene rings is 2. The maximum atomic E-state index is 11.4. The number of primary amides is 1. The SMILES string of the molecule is CCNC(=NCc1cccc(C(N)=O)c1)N1CCC(c2ccc(OC)cc2)C1. The van der Waals surface area contributed by atoms with Crippen molar-refractivity contribution in [3.63, 3.8) is 0 Å². The first-order valence-corrected chi connectivity index (χ1v) is 9.66. The molecule has 3 N–H and O–H groups in total. The van der Waals surface area contributed by atoms with Crippen LogP contribution in [-0.4, -0.2) is 43.5 Å². The van der Waals surface area contributed by atoms with E-state index in [4.69, 9.17) is 15.5 Å². The second kappa shape index (κ2) is 9.26. The predicted octanol–water partition coefficient (Wildman–Crippen LogP) is 2.75. The Balaban J connectivity index is 1.69. The van der Waals surface area contributed by atoms with Gasteiger partial charge in [-0.15, -0.1) is 0 Å². The number of hydrogen-bond acceptors (Lipinski definition) is 3. The zero-order valence-corrected chi connectivity index (χ0v) is 16.5. The number of likely N-dealkylation sites (tertiary alicyclic amines) is 1. The van der Waals surface area contributed by atoms with Gasteiger partial charge in [-0.1, -0.05) is 24.3 Å². The quantitative estimate of drug-likeness (QED) is 0.597. The van der Waals surface area contributed by atoms with Gasteiger partial charge in [0, 0.05) is 31.1 Å². The second-order valence-corrected chi connectivity index (χ2v) is 6.94. The first-order chi connectivity index (χ1) is 13.6. The lowest BCUT2D eigenvalue weighted by atomic mass is 9.98. The van der Waals surface area contributed by atoms with E-state index in [-0.39, 0.29) is 0 Å². The number of amides is 1. The van der Waals surface area contributed by atoms with Crippen LogP contribution in [0.2, 0.25) is 0 Å². The Morgan fingerprint density at radius 1 is 1.29 bits per heavy atom. The van der Waals surface area contributed by atoms with Crippen molar-refractivity contribution in [1.29, 1.82) is 0 Å². The molecule has 1 aliphatic heterocycles. The van der Waals surface area contributed by atoms with Crippen LogP contribution >= 0.6 is 0 Å². The largest absolute Gasteiger partial charge is 0.497 e. The topological polar surface area (TPSA) is 79.9 Å². The Labute approximate surface area is 166 Å². The molecule has 0 spiro atoms. The average Bonchev–Trinajstić information content (AvgIpc) is 3.21. The normalized spacial score (nSPS) is 16.9. The lowest BCUT2D eigenvalue weighted by Gasteiger charge is -2.22. The number of rotatable bonds is 6. The number of nitrogens with one attached hydrogen (secondary N) is 1. The molecule has 0 aromatic heterocycles. The van der Waals surface area contributed by atoms with Crippen LogP contribution in [0, 0.1) is 0 Å². The number of guanidine groups is 1.